The van der Waals surface area contributed by atoms with E-state index in [1.54, 1.807) is 11.3 Å². The van der Waals surface area contributed by atoms with Crippen LogP contribution >= 0.6 is 11.3 Å². The second kappa shape index (κ2) is 6.56. The number of rotatable bonds is 7. The lowest BCUT2D eigenvalue weighted by atomic mass is 10.5. The molecular formula is C13H21N5S. The fraction of sp³-hybridized carbons (Fsp3) is 0.538. The van der Waals surface area contributed by atoms with Crippen LogP contribution in [0.3, 0.4) is 0 Å². The molecule has 0 radical (unpaired) electrons. The summed E-state index contributed by atoms with van der Waals surface area (Å²) in [5, 5.41) is 8.72. The number of aromatic nitrogens is 3. The Hall–Kier alpha value is -1.56. The normalized spacial score (nSPS) is 10.7. The van der Waals surface area contributed by atoms with Gasteiger partial charge >= 0.3 is 0 Å². The Bertz CT molecular complexity index is 501. The topological polar surface area (TPSA) is 46.0 Å². The molecule has 2 rings (SSSR count). The van der Waals surface area contributed by atoms with Crippen molar-refractivity contribution < 1.29 is 0 Å². The molecule has 0 aliphatic heterocycles. The van der Waals surface area contributed by atoms with Crippen molar-refractivity contribution in [2.24, 2.45) is 0 Å². The van der Waals surface area contributed by atoms with Crippen molar-refractivity contribution in [2.75, 3.05) is 23.3 Å². The Morgan fingerprint density at radius 3 is 2.68 bits per heavy atom. The Balaban J connectivity index is 1.92. The third kappa shape index (κ3) is 3.47. The first-order chi connectivity index (χ1) is 9.26. The standard InChI is InChI=1S/C13H21N5S/c1-4-17(5-2)13-15-9-12(19-13)8-14-11-7-16-18(6-3)10-11/h7,9-10,14H,4-6,8H2,1-3H3. The highest BCUT2D eigenvalue weighted by atomic mass is 32.1. The minimum Gasteiger partial charge on any atom is -0.378 e. The van der Waals surface area contributed by atoms with Crippen molar-refractivity contribution in [1.29, 1.82) is 0 Å². The van der Waals surface area contributed by atoms with Crippen LogP contribution in [0.25, 0.3) is 0 Å². The van der Waals surface area contributed by atoms with Crippen LogP contribution in [0.1, 0.15) is 25.6 Å². The van der Waals surface area contributed by atoms with Gasteiger partial charge in [0, 0.05) is 36.9 Å². The summed E-state index contributed by atoms with van der Waals surface area (Å²) in [7, 11) is 0. The van der Waals surface area contributed by atoms with Crippen LogP contribution in [0, 0.1) is 0 Å². The number of hydrogen-bond donors (Lipinski definition) is 1. The number of hydrogen-bond acceptors (Lipinski definition) is 5. The minimum absolute atomic E-state index is 0.800. The van der Waals surface area contributed by atoms with Gasteiger partial charge in [0.05, 0.1) is 18.4 Å². The van der Waals surface area contributed by atoms with Gasteiger partial charge < -0.3 is 10.2 Å². The quantitative estimate of drug-likeness (QED) is 0.846. The highest BCUT2D eigenvalue weighted by Gasteiger charge is 2.07. The van der Waals surface area contributed by atoms with Crippen LogP contribution in [0.5, 0.6) is 0 Å². The van der Waals surface area contributed by atoms with Crippen molar-refractivity contribution in [3.8, 4) is 0 Å². The number of nitrogens with zero attached hydrogens (tertiary/aromatic N) is 4. The molecule has 0 amide bonds. The maximum Gasteiger partial charge on any atom is 0.185 e. The van der Waals surface area contributed by atoms with E-state index in [1.165, 1.54) is 4.88 Å². The average molecular weight is 279 g/mol. The van der Waals surface area contributed by atoms with Crippen LogP contribution < -0.4 is 10.2 Å². The van der Waals surface area contributed by atoms with E-state index in [0.717, 1.165) is 37.0 Å². The molecule has 6 heteroatoms. The van der Waals surface area contributed by atoms with Crippen molar-refractivity contribution in [3.05, 3.63) is 23.5 Å². The zero-order valence-electron chi connectivity index (χ0n) is 11.8. The summed E-state index contributed by atoms with van der Waals surface area (Å²) in [4.78, 5) is 7.98. The Morgan fingerprint density at radius 1 is 1.26 bits per heavy atom. The predicted molar refractivity (Wildman–Crippen MR) is 80.9 cm³/mol. The molecular weight excluding hydrogens is 258 g/mol. The molecule has 0 aliphatic carbocycles. The second-order valence-electron chi connectivity index (χ2n) is 4.22. The predicted octanol–water partition coefficient (Wildman–Crippen LogP) is 2.82. The Kier molecular flexibility index (Phi) is 4.79. The van der Waals surface area contributed by atoms with Crippen molar-refractivity contribution in [3.63, 3.8) is 0 Å². The minimum atomic E-state index is 0.800. The van der Waals surface area contributed by atoms with E-state index >= 15 is 0 Å². The molecule has 0 saturated carbocycles. The molecule has 5 nitrogen and oxygen atoms in total. The Labute approximate surface area is 118 Å². The first-order valence-corrected chi connectivity index (χ1v) is 7.54. The van der Waals surface area contributed by atoms with Gasteiger partial charge in [0.25, 0.3) is 0 Å². The van der Waals surface area contributed by atoms with E-state index < -0.39 is 0 Å². The summed E-state index contributed by atoms with van der Waals surface area (Å²) in [6.07, 6.45) is 5.83. The average Bonchev–Trinajstić information content (AvgIpc) is 3.06. The zero-order valence-corrected chi connectivity index (χ0v) is 12.6. The number of thiazole rings is 1. The largest absolute Gasteiger partial charge is 0.378 e. The molecule has 0 spiro atoms. The third-order valence-electron chi connectivity index (χ3n) is 3.00. The van der Waals surface area contributed by atoms with Gasteiger partial charge in [-0.1, -0.05) is 0 Å². The van der Waals surface area contributed by atoms with Gasteiger partial charge in [0.1, 0.15) is 0 Å². The van der Waals surface area contributed by atoms with Crippen LogP contribution in [0.2, 0.25) is 0 Å². The number of aryl methyl sites for hydroxylation is 1. The summed E-state index contributed by atoms with van der Waals surface area (Å²) in [6.45, 7) is 10.1. The first kappa shape index (κ1) is 13.9. The van der Waals surface area contributed by atoms with E-state index in [9.17, 15) is 0 Å². The molecule has 0 aliphatic rings. The lowest BCUT2D eigenvalue weighted by Gasteiger charge is -2.16. The summed E-state index contributed by atoms with van der Waals surface area (Å²) >= 11 is 1.75. The molecule has 2 aromatic rings. The van der Waals surface area contributed by atoms with Gasteiger partial charge in [-0.05, 0) is 20.8 Å². The van der Waals surface area contributed by atoms with E-state index in [4.69, 9.17) is 0 Å². The molecule has 2 aromatic heterocycles. The van der Waals surface area contributed by atoms with E-state index in [2.05, 4.69) is 41.1 Å². The van der Waals surface area contributed by atoms with E-state index in [1.807, 2.05) is 23.3 Å². The zero-order chi connectivity index (χ0) is 13.7. The van der Waals surface area contributed by atoms with Gasteiger partial charge in [-0.25, -0.2) is 4.98 Å². The maximum atomic E-state index is 4.48. The lowest BCUT2D eigenvalue weighted by Crippen LogP contribution is -2.21. The molecule has 0 fully saturated rings. The smallest absolute Gasteiger partial charge is 0.185 e. The summed E-state index contributed by atoms with van der Waals surface area (Å²) in [5.74, 6) is 0. The van der Waals surface area contributed by atoms with E-state index in [-0.39, 0.29) is 0 Å². The third-order valence-corrected chi connectivity index (χ3v) is 4.06. The van der Waals surface area contributed by atoms with Crippen molar-refractivity contribution in [2.45, 2.75) is 33.9 Å². The Morgan fingerprint density at radius 2 is 2.05 bits per heavy atom. The highest BCUT2D eigenvalue weighted by molar-refractivity contribution is 7.15. The van der Waals surface area contributed by atoms with Gasteiger partial charge in [0.15, 0.2) is 5.13 Å². The molecule has 1 N–H and O–H groups in total. The van der Waals surface area contributed by atoms with Crippen LogP contribution in [-0.4, -0.2) is 27.9 Å². The molecule has 104 valence electrons. The summed E-state index contributed by atoms with van der Waals surface area (Å²) in [5.41, 5.74) is 1.06. The highest BCUT2D eigenvalue weighted by Crippen LogP contribution is 2.22. The van der Waals surface area contributed by atoms with Crippen LogP contribution in [0.15, 0.2) is 18.6 Å². The fourth-order valence-electron chi connectivity index (χ4n) is 1.84. The van der Waals surface area contributed by atoms with Gasteiger partial charge in [-0.2, -0.15) is 5.10 Å². The number of nitrogens with one attached hydrogen (secondary N) is 1. The molecule has 0 bridgehead atoms. The van der Waals surface area contributed by atoms with Crippen molar-refractivity contribution >= 4 is 22.2 Å². The maximum absolute atomic E-state index is 4.48. The van der Waals surface area contributed by atoms with Crippen molar-refractivity contribution in [1.82, 2.24) is 14.8 Å². The monoisotopic (exact) mass is 279 g/mol. The molecule has 0 saturated heterocycles. The van der Waals surface area contributed by atoms with Gasteiger partial charge in [-0.15, -0.1) is 11.3 Å². The van der Waals surface area contributed by atoms with Gasteiger partial charge in [0.2, 0.25) is 0 Å². The molecule has 2 heterocycles. The second-order valence-corrected chi connectivity index (χ2v) is 5.31. The molecule has 19 heavy (non-hydrogen) atoms. The summed E-state index contributed by atoms with van der Waals surface area (Å²) < 4.78 is 1.91. The fourth-order valence-corrected chi connectivity index (χ4v) is 2.81. The van der Waals surface area contributed by atoms with Crippen LogP contribution in [0.4, 0.5) is 10.8 Å². The SMILES string of the molecule is CCN(CC)c1ncc(CNc2cnn(CC)c2)s1. The first-order valence-electron chi connectivity index (χ1n) is 6.72. The molecule has 0 unspecified atom stereocenters. The molecule has 0 aromatic carbocycles. The van der Waals surface area contributed by atoms with Gasteiger partial charge in [-0.3, -0.25) is 4.68 Å². The van der Waals surface area contributed by atoms with E-state index in [0.29, 0.717) is 0 Å². The lowest BCUT2D eigenvalue weighted by molar-refractivity contribution is 0.660. The summed E-state index contributed by atoms with van der Waals surface area (Å²) in [6, 6.07) is 0. The van der Waals surface area contributed by atoms with Crippen LogP contribution in [-0.2, 0) is 13.1 Å². The number of anilines is 2. The molecule has 0 atom stereocenters.